The van der Waals surface area contributed by atoms with Crippen LogP contribution in [0.1, 0.15) is 6.99 Å². The first kappa shape index (κ1) is 23.9. The molecular weight excluding hydrogens is 448 g/mol. The first-order valence-corrected chi connectivity index (χ1v) is 12.8. The number of pyridine rings is 1. The van der Waals surface area contributed by atoms with Crippen molar-refractivity contribution >= 4 is 33.8 Å². The van der Waals surface area contributed by atoms with Gasteiger partial charge in [-0.1, -0.05) is 24.3 Å². The molecule has 3 N–H and O–H groups in total. The molecule has 2 aromatic carbocycles. The molecule has 1 saturated heterocycles. The summed E-state index contributed by atoms with van der Waals surface area (Å²) in [5.41, 5.74) is 6.13. The SMILES string of the molecule is CN1CCN(c2ccc(Nc3nc4c(-c5ccc(CS(C)=O)cc5)cccn4n3)cc2)CC1.O.[HH]. The average Bonchev–Trinajstić information content (AvgIpc) is 3.23. The number of fused-ring (bicyclic) bond motifs is 1. The summed E-state index contributed by atoms with van der Waals surface area (Å²) in [6, 6.07) is 20.6. The van der Waals surface area contributed by atoms with Crippen molar-refractivity contribution < 1.29 is 11.1 Å². The lowest BCUT2D eigenvalue weighted by Gasteiger charge is -2.34. The van der Waals surface area contributed by atoms with Crippen molar-refractivity contribution in [1.29, 1.82) is 0 Å². The highest BCUT2D eigenvalue weighted by Gasteiger charge is 2.14. The minimum Gasteiger partial charge on any atom is -0.412 e. The summed E-state index contributed by atoms with van der Waals surface area (Å²) in [7, 11) is 1.32. The van der Waals surface area contributed by atoms with E-state index in [9.17, 15) is 4.21 Å². The van der Waals surface area contributed by atoms with Crippen LogP contribution in [0, 0.1) is 0 Å². The van der Waals surface area contributed by atoms with Crippen LogP contribution in [-0.2, 0) is 16.6 Å². The third-order valence-electron chi connectivity index (χ3n) is 5.99. The van der Waals surface area contributed by atoms with Crippen LogP contribution in [0.25, 0.3) is 16.8 Å². The summed E-state index contributed by atoms with van der Waals surface area (Å²) >= 11 is 0. The molecule has 1 aliphatic rings. The maximum absolute atomic E-state index is 11.5. The topological polar surface area (TPSA) is 97.3 Å². The lowest BCUT2D eigenvalue weighted by molar-refractivity contribution is 0.313. The van der Waals surface area contributed by atoms with E-state index in [-0.39, 0.29) is 6.90 Å². The van der Waals surface area contributed by atoms with Crippen molar-refractivity contribution in [3.8, 4) is 11.1 Å². The van der Waals surface area contributed by atoms with Gasteiger partial charge in [0.2, 0.25) is 5.95 Å². The molecule has 3 heterocycles. The van der Waals surface area contributed by atoms with Gasteiger partial charge in [-0.15, -0.1) is 5.10 Å². The molecule has 1 fully saturated rings. The number of piperazine rings is 1. The van der Waals surface area contributed by atoms with Crippen LogP contribution in [0.4, 0.5) is 17.3 Å². The number of benzene rings is 2. The molecule has 5 rings (SSSR count). The van der Waals surface area contributed by atoms with Crippen LogP contribution >= 0.6 is 0 Å². The van der Waals surface area contributed by atoms with E-state index in [1.54, 1.807) is 10.8 Å². The number of hydrogen-bond donors (Lipinski definition) is 1. The summed E-state index contributed by atoms with van der Waals surface area (Å²) in [5.74, 6) is 1.13. The highest BCUT2D eigenvalue weighted by atomic mass is 32.2. The van der Waals surface area contributed by atoms with Crippen molar-refractivity contribution in [3.63, 3.8) is 0 Å². The molecule has 0 amide bonds. The molecule has 2 aromatic heterocycles. The molecule has 4 aromatic rings. The van der Waals surface area contributed by atoms with Gasteiger partial charge in [0.15, 0.2) is 5.65 Å². The van der Waals surface area contributed by atoms with Crippen LogP contribution < -0.4 is 10.2 Å². The highest BCUT2D eigenvalue weighted by Crippen LogP contribution is 2.26. The molecule has 0 radical (unpaired) electrons. The van der Waals surface area contributed by atoms with Crippen LogP contribution in [0.2, 0.25) is 0 Å². The maximum atomic E-state index is 11.5. The molecule has 1 atom stereocenters. The van der Waals surface area contributed by atoms with E-state index in [1.807, 2.05) is 30.5 Å². The minimum atomic E-state index is -0.850. The normalized spacial score (nSPS) is 15.2. The Labute approximate surface area is 203 Å². The van der Waals surface area contributed by atoms with Gasteiger partial charge < -0.3 is 20.6 Å². The van der Waals surface area contributed by atoms with Crippen molar-refractivity contribution in [3.05, 3.63) is 72.4 Å². The van der Waals surface area contributed by atoms with Crippen molar-refractivity contribution in [1.82, 2.24) is 19.5 Å². The predicted molar refractivity (Wildman–Crippen MR) is 141 cm³/mol. The molecule has 8 nitrogen and oxygen atoms in total. The molecule has 0 saturated carbocycles. The molecule has 180 valence electrons. The van der Waals surface area contributed by atoms with E-state index in [4.69, 9.17) is 4.98 Å². The van der Waals surface area contributed by atoms with E-state index >= 15 is 0 Å². The highest BCUT2D eigenvalue weighted by molar-refractivity contribution is 7.83. The zero-order chi connectivity index (χ0) is 22.8. The first-order valence-electron chi connectivity index (χ1n) is 11.1. The zero-order valence-electron chi connectivity index (χ0n) is 19.4. The Morgan fingerprint density at radius 2 is 1.71 bits per heavy atom. The number of nitrogens with zero attached hydrogens (tertiary/aromatic N) is 5. The van der Waals surface area contributed by atoms with Gasteiger partial charge in [0.05, 0.1) is 0 Å². The molecule has 0 aliphatic carbocycles. The van der Waals surface area contributed by atoms with Gasteiger partial charge in [-0.3, -0.25) is 4.21 Å². The van der Waals surface area contributed by atoms with Gasteiger partial charge in [-0.05, 0) is 54.6 Å². The fourth-order valence-corrected chi connectivity index (χ4v) is 4.81. The number of rotatable bonds is 6. The van der Waals surface area contributed by atoms with Crippen LogP contribution in [-0.4, -0.2) is 68.7 Å². The molecule has 0 bridgehead atoms. The molecule has 34 heavy (non-hydrogen) atoms. The molecule has 0 spiro atoms. The van der Waals surface area contributed by atoms with Crippen LogP contribution in [0.3, 0.4) is 0 Å². The number of nitrogens with one attached hydrogen (secondary N) is 1. The van der Waals surface area contributed by atoms with Gasteiger partial charge in [0.1, 0.15) is 0 Å². The van der Waals surface area contributed by atoms with E-state index in [2.05, 4.69) is 63.7 Å². The Kier molecular flexibility index (Phi) is 7.26. The molecule has 9 heteroatoms. The second-order valence-corrected chi connectivity index (χ2v) is 9.94. The fraction of sp³-hybridized carbons (Fsp3) is 0.280. The lowest BCUT2D eigenvalue weighted by atomic mass is 10.1. The summed E-state index contributed by atoms with van der Waals surface area (Å²) < 4.78 is 13.3. The lowest BCUT2D eigenvalue weighted by Crippen LogP contribution is -2.44. The Bertz CT molecular complexity index is 1270. The van der Waals surface area contributed by atoms with E-state index in [0.717, 1.165) is 54.2 Å². The quantitative estimate of drug-likeness (QED) is 0.455. The summed E-state index contributed by atoms with van der Waals surface area (Å²) in [4.78, 5) is 9.53. The second kappa shape index (κ2) is 10.3. The Morgan fingerprint density at radius 3 is 2.38 bits per heavy atom. The molecule has 1 aliphatic heterocycles. The van der Waals surface area contributed by atoms with Gasteiger partial charge in [0.25, 0.3) is 0 Å². The first-order chi connectivity index (χ1) is 16.0. The van der Waals surface area contributed by atoms with Crippen molar-refractivity contribution in [2.75, 3.05) is 49.7 Å². The third kappa shape index (κ3) is 5.27. The van der Waals surface area contributed by atoms with Crippen molar-refractivity contribution in [2.24, 2.45) is 0 Å². The number of likely N-dealkylation sites (N-methyl/N-ethyl adjacent to an activating group) is 1. The third-order valence-corrected chi connectivity index (χ3v) is 6.73. The Balaban J connectivity index is 0.00000171. The minimum absolute atomic E-state index is 0. The largest absolute Gasteiger partial charge is 0.412 e. The van der Waals surface area contributed by atoms with E-state index in [1.165, 1.54) is 5.69 Å². The summed E-state index contributed by atoms with van der Waals surface area (Å²) in [5, 5.41) is 7.95. The number of aromatic nitrogens is 3. The van der Waals surface area contributed by atoms with Gasteiger partial charge in [-0.2, -0.15) is 4.98 Å². The number of anilines is 3. The monoisotopic (exact) mass is 480 g/mol. The smallest absolute Gasteiger partial charge is 0.247 e. The average molecular weight is 481 g/mol. The Morgan fingerprint density at radius 1 is 1.00 bits per heavy atom. The fourth-order valence-electron chi connectivity index (χ4n) is 4.15. The summed E-state index contributed by atoms with van der Waals surface area (Å²) in [6.07, 6.45) is 3.63. The van der Waals surface area contributed by atoms with Crippen LogP contribution in [0.5, 0.6) is 0 Å². The zero-order valence-corrected chi connectivity index (χ0v) is 20.3. The number of hydrogen-bond acceptors (Lipinski definition) is 6. The molecule has 1 unspecified atom stereocenters. The predicted octanol–water partition coefficient (Wildman–Crippen LogP) is 3.19. The van der Waals surface area contributed by atoms with E-state index in [0.29, 0.717) is 11.7 Å². The maximum Gasteiger partial charge on any atom is 0.247 e. The van der Waals surface area contributed by atoms with Crippen molar-refractivity contribution in [2.45, 2.75) is 5.75 Å². The molecular formula is C25H32N6O2S. The second-order valence-electron chi connectivity index (χ2n) is 8.50. The van der Waals surface area contributed by atoms with Gasteiger partial charge >= 0.3 is 0 Å². The van der Waals surface area contributed by atoms with Gasteiger partial charge in [0, 0.05) is 73.5 Å². The van der Waals surface area contributed by atoms with E-state index < -0.39 is 10.8 Å². The Hall–Kier alpha value is -3.27. The van der Waals surface area contributed by atoms with Gasteiger partial charge in [-0.25, -0.2) is 4.52 Å². The summed E-state index contributed by atoms with van der Waals surface area (Å²) in [6.45, 7) is 4.29. The van der Waals surface area contributed by atoms with Crippen LogP contribution in [0.15, 0.2) is 66.9 Å². The standard InChI is InChI=1S/C25H28N6OS.H2O.H2/c1-29-14-16-30(17-15-29)22-11-9-21(10-12-22)26-25-27-24-23(4-3-13-31(24)28-25)20-7-5-19(6-8-20)18-33(2)32;;/h3-13H,14-18H2,1-2H3,(H,26,28);1H2;1H.